The largest absolute Gasteiger partial charge is 0.394 e. The van der Waals surface area contributed by atoms with E-state index in [-0.39, 0.29) is 0 Å². The molecule has 1 aliphatic rings. The Morgan fingerprint density at radius 3 is 2.17 bits per heavy atom. The molecule has 0 aromatic heterocycles. The van der Waals surface area contributed by atoms with E-state index in [1.807, 2.05) is 0 Å². The van der Waals surface area contributed by atoms with Crippen molar-refractivity contribution in [2.45, 2.75) is 24.6 Å². The second kappa shape index (κ2) is 5.64. The van der Waals surface area contributed by atoms with Crippen LogP contribution < -0.4 is 0 Å². The fourth-order valence-electron chi connectivity index (χ4n) is 1.45. The predicted molar refractivity (Wildman–Crippen MR) is 55.6 cm³/mol. The molecule has 0 saturated carbocycles. The van der Waals surface area contributed by atoms with Crippen LogP contribution in [0.3, 0.4) is 0 Å². The van der Waals surface area contributed by atoms with Crippen LogP contribution in [-0.2, 0) is 18.4 Å². The first-order valence-corrected chi connectivity index (χ1v) is 8.29. The van der Waals surface area contributed by atoms with Crippen molar-refractivity contribution in [1.82, 2.24) is 0 Å². The van der Waals surface area contributed by atoms with E-state index in [2.05, 4.69) is 9.26 Å². The van der Waals surface area contributed by atoms with Gasteiger partial charge in [0.2, 0.25) is 0 Å². The van der Waals surface area contributed by atoms with Crippen LogP contribution in [0.25, 0.3) is 0 Å². The Labute approximate surface area is 101 Å². The molecule has 18 heavy (non-hydrogen) atoms. The summed E-state index contributed by atoms with van der Waals surface area (Å²) < 4.78 is 31.1. The molecule has 0 aromatic rings. The number of hydrogen-bond acceptors (Lipinski definition) is 7. The summed E-state index contributed by atoms with van der Waals surface area (Å²) in [5, 5.41) is 27.3. The highest BCUT2D eigenvalue weighted by Gasteiger charge is 2.47. The Bertz CT molecular complexity index is 379. The summed E-state index contributed by atoms with van der Waals surface area (Å²) >= 11 is 0. The highest BCUT2D eigenvalue weighted by molar-refractivity contribution is 7.70. The Morgan fingerprint density at radius 2 is 1.72 bits per heavy atom. The molecule has 0 radical (unpaired) electrons. The zero-order valence-electron chi connectivity index (χ0n) is 8.93. The first-order valence-electron chi connectivity index (χ1n) is 4.73. The third kappa shape index (κ3) is 4.36. The van der Waals surface area contributed by atoms with Crippen LogP contribution in [-0.4, -0.2) is 67.1 Å². The van der Waals surface area contributed by atoms with Crippen LogP contribution in [0.1, 0.15) is 0 Å². The molecule has 1 rings (SSSR count). The third-order valence-corrected chi connectivity index (χ3v) is 5.62. The molecular formula is C6H14O10P2. The first-order chi connectivity index (χ1) is 8.06. The van der Waals surface area contributed by atoms with E-state index in [1.165, 1.54) is 0 Å². The summed E-state index contributed by atoms with van der Waals surface area (Å²) in [6.07, 6.45) is -6.26. The number of ether oxygens (including phenoxy) is 1. The van der Waals surface area contributed by atoms with Crippen molar-refractivity contribution in [3.63, 3.8) is 0 Å². The molecule has 0 bridgehead atoms. The molecule has 0 aromatic carbocycles. The van der Waals surface area contributed by atoms with E-state index in [1.54, 1.807) is 0 Å². The maximum absolute atomic E-state index is 11.4. The topological polar surface area (TPSA) is 174 Å². The molecule has 6 N–H and O–H groups in total. The van der Waals surface area contributed by atoms with Gasteiger partial charge in [-0.3, -0.25) is 13.7 Å². The number of aliphatic hydroxyl groups excluding tert-OH is 3. The minimum absolute atomic E-state index is 0.714. The van der Waals surface area contributed by atoms with Crippen LogP contribution in [0, 0.1) is 0 Å². The van der Waals surface area contributed by atoms with Gasteiger partial charge in [-0.15, -0.1) is 0 Å². The van der Waals surface area contributed by atoms with Crippen molar-refractivity contribution in [3.8, 4) is 0 Å². The minimum atomic E-state index is -4.79. The zero-order chi connectivity index (χ0) is 14.1. The van der Waals surface area contributed by atoms with Gasteiger partial charge >= 0.3 is 15.2 Å². The van der Waals surface area contributed by atoms with E-state index in [9.17, 15) is 19.1 Å². The predicted octanol–water partition coefficient (Wildman–Crippen LogP) is -2.24. The van der Waals surface area contributed by atoms with E-state index in [4.69, 9.17) is 20.0 Å². The Morgan fingerprint density at radius 1 is 1.17 bits per heavy atom. The molecule has 2 unspecified atom stereocenters. The third-order valence-electron chi connectivity index (χ3n) is 2.14. The van der Waals surface area contributed by atoms with Gasteiger partial charge in [-0.25, -0.2) is 0 Å². The van der Waals surface area contributed by atoms with E-state index < -0.39 is 52.3 Å². The van der Waals surface area contributed by atoms with Gasteiger partial charge in [-0.1, -0.05) is 0 Å². The second-order valence-electron chi connectivity index (χ2n) is 3.75. The second-order valence-corrected chi connectivity index (χ2v) is 7.70. The summed E-state index contributed by atoms with van der Waals surface area (Å²) in [5.74, 6) is -1.43. The van der Waals surface area contributed by atoms with E-state index >= 15 is 0 Å². The van der Waals surface area contributed by atoms with Crippen molar-refractivity contribution >= 4 is 15.2 Å². The fourth-order valence-corrected chi connectivity index (χ4v) is 4.22. The van der Waals surface area contributed by atoms with E-state index in [0.29, 0.717) is 0 Å². The maximum atomic E-state index is 11.4. The molecule has 10 nitrogen and oxygen atoms in total. The molecule has 1 heterocycles. The van der Waals surface area contributed by atoms with Crippen molar-refractivity contribution in [2.24, 2.45) is 0 Å². The van der Waals surface area contributed by atoms with Gasteiger partial charge in [-0.2, -0.15) is 0 Å². The number of rotatable bonds is 5. The molecule has 0 aliphatic carbocycles. The quantitative estimate of drug-likeness (QED) is 0.305. The summed E-state index contributed by atoms with van der Waals surface area (Å²) in [6, 6.07) is 0. The molecule has 1 aliphatic heterocycles. The van der Waals surface area contributed by atoms with Crippen molar-refractivity contribution < 1.29 is 48.4 Å². The molecule has 108 valence electrons. The summed E-state index contributed by atoms with van der Waals surface area (Å²) in [4.78, 5) is 26.4. The highest BCUT2D eigenvalue weighted by atomic mass is 31.2. The van der Waals surface area contributed by atoms with Gasteiger partial charge in [-0.05, 0) is 0 Å². The monoisotopic (exact) mass is 308 g/mol. The maximum Gasteiger partial charge on any atom is 0.340 e. The van der Waals surface area contributed by atoms with Gasteiger partial charge in [0.15, 0.2) is 12.2 Å². The molecule has 5 atom stereocenters. The lowest BCUT2D eigenvalue weighted by Gasteiger charge is -2.22. The lowest BCUT2D eigenvalue weighted by molar-refractivity contribution is -0.132. The zero-order valence-corrected chi connectivity index (χ0v) is 10.7. The number of hydrogen-bond donors (Lipinski definition) is 6. The Balaban J connectivity index is 2.76. The Kier molecular flexibility index (Phi) is 5.07. The van der Waals surface area contributed by atoms with Crippen LogP contribution in [0.2, 0.25) is 0 Å². The molecular weight excluding hydrogens is 294 g/mol. The van der Waals surface area contributed by atoms with E-state index in [0.717, 1.165) is 0 Å². The lowest BCUT2D eigenvalue weighted by Crippen LogP contribution is -2.36. The number of aliphatic hydroxyl groups is 3. The van der Waals surface area contributed by atoms with Gasteiger partial charge in [0.25, 0.3) is 0 Å². The van der Waals surface area contributed by atoms with Gasteiger partial charge in [0.1, 0.15) is 18.3 Å². The van der Waals surface area contributed by atoms with Crippen molar-refractivity contribution in [1.29, 1.82) is 0 Å². The fraction of sp³-hybridized carbons (Fsp3) is 1.00. The van der Waals surface area contributed by atoms with Crippen LogP contribution in [0.15, 0.2) is 0 Å². The van der Waals surface area contributed by atoms with Crippen LogP contribution in [0.5, 0.6) is 0 Å². The molecule has 1 fully saturated rings. The van der Waals surface area contributed by atoms with Gasteiger partial charge in [0.05, 0.1) is 6.61 Å². The van der Waals surface area contributed by atoms with Gasteiger partial charge in [0, 0.05) is 0 Å². The van der Waals surface area contributed by atoms with Crippen molar-refractivity contribution in [2.75, 3.05) is 12.5 Å². The average molecular weight is 308 g/mol. The summed E-state index contributed by atoms with van der Waals surface area (Å²) in [5.41, 5.74) is 0. The van der Waals surface area contributed by atoms with Crippen molar-refractivity contribution in [3.05, 3.63) is 0 Å². The van der Waals surface area contributed by atoms with Crippen LogP contribution in [0.4, 0.5) is 0 Å². The highest BCUT2D eigenvalue weighted by Crippen LogP contribution is 2.56. The normalized spacial score (nSPS) is 36.6. The SMILES string of the molecule is O=P(O)(O)CP(=O)(O)O[C@@H]1[C@@H](CO)OC(O)[C@@H]1O. The Hall–Kier alpha value is 0.140. The standard InChI is InChI=1S/C6H14O10P2/c7-1-3-5(4(8)6(9)15-3)16-18(13,14)2-17(10,11)12/h3-9H,1-2H2,(H,13,14)(H2,10,11,12)/t3-,4-,5-,6?/m1/s1. The molecule has 12 heteroatoms. The molecule has 0 amide bonds. The molecule has 1 saturated heterocycles. The first kappa shape index (κ1) is 16.2. The van der Waals surface area contributed by atoms with Gasteiger partial charge < -0.3 is 34.7 Å². The summed E-state index contributed by atoms with van der Waals surface area (Å²) in [6.45, 7) is -0.714. The average Bonchev–Trinajstić information content (AvgIpc) is 2.41. The minimum Gasteiger partial charge on any atom is -0.394 e. The summed E-state index contributed by atoms with van der Waals surface area (Å²) in [7, 11) is -9.50. The smallest absolute Gasteiger partial charge is 0.340 e. The van der Waals surface area contributed by atoms with Crippen LogP contribution >= 0.6 is 15.2 Å². The lowest BCUT2D eigenvalue weighted by atomic mass is 10.1. The molecule has 0 spiro atoms.